The number of ether oxygens (including phenoxy) is 3. The number of nitrogens with one attached hydrogen (secondary N) is 2. The van der Waals surface area contributed by atoms with Crippen LogP contribution in [0.4, 0.5) is 10.5 Å². The molecular weight excluding hydrogens is 490 g/mol. The Morgan fingerprint density at radius 3 is 2.45 bits per heavy atom. The van der Waals surface area contributed by atoms with Gasteiger partial charge in [-0.3, -0.25) is 15.3 Å². The molecular formula is C28H27N3O7. The van der Waals surface area contributed by atoms with Gasteiger partial charge in [0.05, 0.1) is 18.7 Å². The first-order valence-corrected chi connectivity index (χ1v) is 11.6. The molecule has 3 aromatic carbocycles. The average Bonchev–Trinajstić information content (AvgIpc) is 2.94. The van der Waals surface area contributed by atoms with E-state index in [1.807, 2.05) is 12.1 Å². The number of hydrogen-bond acceptors (Lipinski definition) is 8. The minimum atomic E-state index is -0.995. The van der Waals surface area contributed by atoms with Gasteiger partial charge in [-0.15, -0.1) is 0 Å². The molecule has 0 bridgehead atoms. The number of amides is 2. The molecule has 0 saturated carbocycles. The molecule has 3 rings (SSSR count). The van der Waals surface area contributed by atoms with Crippen molar-refractivity contribution < 1.29 is 34.1 Å². The molecule has 0 radical (unpaired) electrons. The number of phenolic OH excluding ortho intramolecular Hbond substituents is 1. The normalized spacial score (nSPS) is 12.1. The molecule has 196 valence electrons. The molecule has 0 fully saturated rings. The maximum absolute atomic E-state index is 12.9. The minimum Gasteiger partial charge on any atom is -0.504 e. The molecule has 0 aromatic heterocycles. The zero-order chi connectivity index (χ0) is 27.3. The van der Waals surface area contributed by atoms with Crippen molar-refractivity contribution in [2.45, 2.75) is 25.0 Å². The lowest BCUT2D eigenvalue weighted by atomic mass is 9.99. The number of nitriles is 1. The average molecular weight is 518 g/mol. The Morgan fingerprint density at radius 1 is 1.08 bits per heavy atom. The molecule has 0 aliphatic heterocycles. The monoisotopic (exact) mass is 517 g/mol. The molecule has 0 saturated heterocycles. The van der Waals surface area contributed by atoms with E-state index in [0.717, 1.165) is 0 Å². The molecule has 0 aliphatic rings. The fourth-order valence-electron chi connectivity index (χ4n) is 3.57. The molecule has 38 heavy (non-hydrogen) atoms. The smallest absolute Gasteiger partial charge is 0.412 e. The second-order valence-corrected chi connectivity index (χ2v) is 8.00. The SMILES string of the molecule is COc1ccc([C@H](OC(=O)Nc2ccc(C#N)cc2)[C@H](CC/C=C/C(=O)NO)Oc2ccccc2)cc1O. The number of carbonyl (C=O) groups excluding carboxylic acids is 2. The van der Waals surface area contributed by atoms with Gasteiger partial charge < -0.3 is 19.3 Å². The first-order chi connectivity index (χ1) is 18.4. The number of allylic oxidation sites excluding steroid dienone is 1. The number of rotatable bonds is 11. The summed E-state index contributed by atoms with van der Waals surface area (Å²) in [5.41, 5.74) is 2.82. The van der Waals surface area contributed by atoms with Crippen LogP contribution < -0.4 is 20.3 Å². The summed E-state index contributed by atoms with van der Waals surface area (Å²) in [4.78, 5) is 24.3. The quantitative estimate of drug-likeness (QED) is 0.160. The van der Waals surface area contributed by atoms with E-state index in [9.17, 15) is 14.7 Å². The molecule has 2 amide bonds. The van der Waals surface area contributed by atoms with Crippen LogP contribution in [0.15, 0.2) is 84.9 Å². The summed E-state index contributed by atoms with van der Waals surface area (Å²) < 4.78 is 17.2. The van der Waals surface area contributed by atoms with E-state index >= 15 is 0 Å². The summed E-state index contributed by atoms with van der Waals surface area (Å²) in [6.07, 6.45) is 0.824. The second kappa shape index (κ2) is 13.9. The standard InChI is InChI=1S/C28H27N3O7/c1-36-24-16-13-20(17-23(24)32)27(38-28(34)30-21-14-11-19(18-29)12-15-21)25(9-5-6-10-26(33)31-35)37-22-7-3-2-4-8-22/h2-4,6-8,10-17,25,27,32,35H,5,9H2,1H3,(H,30,34)(H,31,33)/b10-6+/t25-,27-/m0/s1. The third-order valence-electron chi connectivity index (χ3n) is 5.39. The van der Waals surface area contributed by atoms with Crippen molar-refractivity contribution in [2.75, 3.05) is 12.4 Å². The summed E-state index contributed by atoms with van der Waals surface area (Å²) in [6, 6.07) is 21.8. The van der Waals surface area contributed by atoms with Gasteiger partial charge >= 0.3 is 6.09 Å². The zero-order valence-corrected chi connectivity index (χ0v) is 20.5. The van der Waals surface area contributed by atoms with Crippen LogP contribution >= 0.6 is 0 Å². The summed E-state index contributed by atoms with van der Waals surface area (Å²) in [5.74, 6) is -0.0642. The van der Waals surface area contributed by atoms with Crippen LogP contribution in [-0.2, 0) is 9.53 Å². The van der Waals surface area contributed by atoms with E-state index in [0.29, 0.717) is 35.4 Å². The van der Waals surface area contributed by atoms with E-state index < -0.39 is 24.2 Å². The molecule has 0 heterocycles. The minimum absolute atomic E-state index is 0.149. The Bertz CT molecular complexity index is 1290. The maximum Gasteiger partial charge on any atom is 0.412 e. The molecule has 3 aromatic rings. The maximum atomic E-state index is 12.9. The summed E-state index contributed by atoms with van der Waals surface area (Å²) in [5, 5.41) is 30.7. The van der Waals surface area contributed by atoms with Crippen molar-refractivity contribution in [3.05, 3.63) is 96.1 Å². The Balaban J connectivity index is 1.91. The Hall–Kier alpha value is -5.01. The number of anilines is 1. The van der Waals surface area contributed by atoms with E-state index in [-0.39, 0.29) is 11.5 Å². The first-order valence-electron chi connectivity index (χ1n) is 11.6. The van der Waals surface area contributed by atoms with Gasteiger partial charge in [0, 0.05) is 17.3 Å². The number of benzene rings is 3. The van der Waals surface area contributed by atoms with Gasteiger partial charge in [-0.1, -0.05) is 30.3 Å². The molecule has 0 aliphatic carbocycles. The number of phenols is 1. The number of hydroxylamine groups is 1. The number of aromatic hydroxyl groups is 1. The van der Waals surface area contributed by atoms with Crippen LogP contribution in [0, 0.1) is 11.3 Å². The highest BCUT2D eigenvalue weighted by Gasteiger charge is 2.30. The highest BCUT2D eigenvalue weighted by Crippen LogP contribution is 2.34. The summed E-state index contributed by atoms with van der Waals surface area (Å²) in [6.45, 7) is 0. The predicted molar refractivity (Wildman–Crippen MR) is 138 cm³/mol. The van der Waals surface area contributed by atoms with Gasteiger partial charge in [0.25, 0.3) is 5.91 Å². The molecule has 10 nitrogen and oxygen atoms in total. The van der Waals surface area contributed by atoms with Crippen LogP contribution in [0.5, 0.6) is 17.2 Å². The van der Waals surface area contributed by atoms with E-state index in [1.165, 1.54) is 24.7 Å². The van der Waals surface area contributed by atoms with Gasteiger partial charge in [0.2, 0.25) is 0 Å². The lowest BCUT2D eigenvalue weighted by Gasteiger charge is -2.28. The largest absolute Gasteiger partial charge is 0.504 e. The van der Waals surface area contributed by atoms with Gasteiger partial charge in [-0.25, -0.2) is 10.3 Å². The van der Waals surface area contributed by atoms with Crippen molar-refractivity contribution in [1.29, 1.82) is 5.26 Å². The van der Waals surface area contributed by atoms with Crippen LogP contribution in [-0.4, -0.2) is 35.5 Å². The number of para-hydroxylation sites is 1. The van der Waals surface area contributed by atoms with Crippen LogP contribution in [0.25, 0.3) is 0 Å². The Kier molecular flexibility index (Phi) is 10.1. The van der Waals surface area contributed by atoms with Crippen LogP contribution in [0.2, 0.25) is 0 Å². The molecule has 10 heteroatoms. The van der Waals surface area contributed by atoms with Crippen molar-refractivity contribution >= 4 is 17.7 Å². The van der Waals surface area contributed by atoms with Gasteiger partial charge in [0.1, 0.15) is 11.9 Å². The molecule has 2 atom stereocenters. The van der Waals surface area contributed by atoms with Gasteiger partial charge in [-0.05, 0) is 61.4 Å². The number of methoxy groups -OCH3 is 1. The summed E-state index contributed by atoms with van der Waals surface area (Å²) >= 11 is 0. The molecule has 4 N–H and O–H groups in total. The Labute approximate surface area is 219 Å². The van der Waals surface area contributed by atoms with Crippen LogP contribution in [0.1, 0.15) is 30.1 Å². The lowest BCUT2D eigenvalue weighted by Crippen LogP contribution is -2.31. The van der Waals surface area contributed by atoms with Crippen molar-refractivity contribution in [2.24, 2.45) is 0 Å². The topological polar surface area (TPSA) is 150 Å². The molecule has 0 spiro atoms. The first kappa shape index (κ1) is 27.6. The fourth-order valence-corrected chi connectivity index (χ4v) is 3.57. The number of hydrogen-bond donors (Lipinski definition) is 4. The zero-order valence-electron chi connectivity index (χ0n) is 20.5. The number of carbonyl (C=O) groups is 2. The van der Waals surface area contributed by atoms with E-state index in [2.05, 4.69) is 5.32 Å². The van der Waals surface area contributed by atoms with Gasteiger partial charge in [0.15, 0.2) is 17.6 Å². The third kappa shape index (κ3) is 8.01. The van der Waals surface area contributed by atoms with Crippen molar-refractivity contribution in [3.8, 4) is 23.3 Å². The third-order valence-corrected chi connectivity index (χ3v) is 5.39. The number of nitrogens with zero attached hydrogens (tertiary/aromatic N) is 1. The van der Waals surface area contributed by atoms with Crippen molar-refractivity contribution in [1.82, 2.24) is 5.48 Å². The predicted octanol–water partition coefficient (Wildman–Crippen LogP) is 4.85. The second-order valence-electron chi connectivity index (χ2n) is 8.00. The van der Waals surface area contributed by atoms with Gasteiger partial charge in [-0.2, -0.15) is 5.26 Å². The van der Waals surface area contributed by atoms with Crippen LogP contribution in [0.3, 0.4) is 0 Å². The highest BCUT2D eigenvalue weighted by molar-refractivity contribution is 5.86. The lowest BCUT2D eigenvalue weighted by molar-refractivity contribution is -0.124. The molecule has 0 unspecified atom stereocenters. The summed E-state index contributed by atoms with van der Waals surface area (Å²) in [7, 11) is 1.42. The Morgan fingerprint density at radius 2 is 1.82 bits per heavy atom. The van der Waals surface area contributed by atoms with E-state index in [4.69, 9.17) is 24.7 Å². The fraction of sp³-hybridized carbons (Fsp3) is 0.179. The highest BCUT2D eigenvalue weighted by atomic mass is 16.6. The van der Waals surface area contributed by atoms with Crippen molar-refractivity contribution in [3.63, 3.8) is 0 Å². The van der Waals surface area contributed by atoms with E-state index in [1.54, 1.807) is 66.7 Å².